The molecule has 1 aliphatic rings. The van der Waals surface area contributed by atoms with E-state index in [4.69, 9.17) is 18.0 Å². The second-order valence-electron chi connectivity index (χ2n) is 4.96. The quantitative estimate of drug-likeness (QED) is 0.814. The molecule has 0 aromatic heterocycles. The van der Waals surface area contributed by atoms with E-state index in [1.54, 1.807) is 29.2 Å². The van der Waals surface area contributed by atoms with Crippen molar-refractivity contribution in [2.24, 2.45) is 11.7 Å². The Kier molecular flexibility index (Phi) is 4.17. The highest BCUT2D eigenvalue weighted by Gasteiger charge is 2.34. The van der Waals surface area contributed by atoms with E-state index in [0.717, 1.165) is 12.0 Å². The molecule has 3 N–H and O–H groups in total. The molecule has 1 amide bonds. The first-order valence-electron chi connectivity index (χ1n) is 6.36. The third-order valence-corrected chi connectivity index (χ3v) is 3.98. The van der Waals surface area contributed by atoms with Gasteiger partial charge in [-0.15, -0.1) is 0 Å². The first-order chi connectivity index (χ1) is 9.04. The summed E-state index contributed by atoms with van der Waals surface area (Å²) in [5.74, 6) is 0.294. The minimum Gasteiger partial charge on any atom is -0.394 e. The zero-order chi connectivity index (χ0) is 14.0. The van der Waals surface area contributed by atoms with E-state index < -0.39 is 0 Å². The highest BCUT2D eigenvalue weighted by Crippen LogP contribution is 2.25. The summed E-state index contributed by atoms with van der Waals surface area (Å²) in [6.07, 6.45) is 0.932. The molecule has 1 aromatic carbocycles. The van der Waals surface area contributed by atoms with Crippen LogP contribution in [0.25, 0.3) is 0 Å². The van der Waals surface area contributed by atoms with E-state index in [1.165, 1.54) is 0 Å². The maximum atomic E-state index is 12.4. The Hall–Kier alpha value is -1.46. The zero-order valence-electron chi connectivity index (χ0n) is 10.9. The van der Waals surface area contributed by atoms with Crippen LogP contribution in [0.5, 0.6) is 0 Å². The summed E-state index contributed by atoms with van der Waals surface area (Å²) in [6, 6.07) is 6.89. The number of aliphatic hydroxyl groups is 1. The van der Waals surface area contributed by atoms with Crippen molar-refractivity contribution in [3.05, 3.63) is 35.4 Å². The Balaban J connectivity index is 2.17. The van der Waals surface area contributed by atoms with E-state index in [-0.39, 0.29) is 18.6 Å². The van der Waals surface area contributed by atoms with Crippen molar-refractivity contribution in [2.75, 3.05) is 13.2 Å². The fraction of sp³-hybridized carbons (Fsp3) is 0.429. The molecule has 0 aliphatic carbocycles. The molecule has 4 nitrogen and oxygen atoms in total. The van der Waals surface area contributed by atoms with Gasteiger partial charge >= 0.3 is 0 Å². The van der Waals surface area contributed by atoms with E-state index in [0.29, 0.717) is 23.0 Å². The smallest absolute Gasteiger partial charge is 0.254 e. The van der Waals surface area contributed by atoms with Crippen LogP contribution in [0.1, 0.15) is 29.3 Å². The normalized spacial score (nSPS) is 22.5. The van der Waals surface area contributed by atoms with Crippen LogP contribution < -0.4 is 5.73 Å². The number of likely N-dealkylation sites (tertiary alicyclic amines) is 1. The van der Waals surface area contributed by atoms with E-state index in [1.807, 2.05) is 0 Å². The van der Waals surface area contributed by atoms with Crippen LogP contribution >= 0.6 is 12.2 Å². The first-order valence-corrected chi connectivity index (χ1v) is 6.77. The second-order valence-corrected chi connectivity index (χ2v) is 5.40. The van der Waals surface area contributed by atoms with Gasteiger partial charge in [-0.25, -0.2) is 0 Å². The molecule has 1 saturated heterocycles. The summed E-state index contributed by atoms with van der Waals surface area (Å²) in [6.45, 7) is 2.77. The summed E-state index contributed by atoms with van der Waals surface area (Å²) in [4.78, 5) is 14.5. The van der Waals surface area contributed by atoms with Crippen molar-refractivity contribution in [3.63, 3.8) is 0 Å². The molecule has 1 heterocycles. The molecule has 2 atom stereocenters. The minimum absolute atomic E-state index is 0.0118. The first kappa shape index (κ1) is 14.0. The Labute approximate surface area is 118 Å². The molecule has 102 valence electrons. The number of hydrogen-bond donors (Lipinski definition) is 2. The molecule has 2 rings (SSSR count). The summed E-state index contributed by atoms with van der Waals surface area (Å²) in [5, 5.41) is 9.39. The maximum Gasteiger partial charge on any atom is 0.254 e. The lowest BCUT2D eigenvalue weighted by Crippen LogP contribution is -2.39. The van der Waals surface area contributed by atoms with E-state index in [2.05, 4.69) is 6.92 Å². The number of carbonyl (C=O) groups is 1. The van der Waals surface area contributed by atoms with E-state index >= 15 is 0 Å². The van der Waals surface area contributed by atoms with Gasteiger partial charge in [-0.2, -0.15) is 0 Å². The van der Waals surface area contributed by atoms with Gasteiger partial charge in [-0.1, -0.05) is 31.3 Å². The zero-order valence-corrected chi connectivity index (χ0v) is 11.7. The Morgan fingerprint density at radius 3 is 2.53 bits per heavy atom. The molecule has 0 radical (unpaired) electrons. The van der Waals surface area contributed by atoms with Gasteiger partial charge in [0.1, 0.15) is 4.99 Å². The fourth-order valence-electron chi connectivity index (χ4n) is 2.48. The maximum absolute atomic E-state index is 12.4. The molecule has 1 fully saturated rings. The lowest BCUT2D eigenvalue weighted by molar-refractivity contribution is 0.0648. The Bertz CT molecular complexity index is 487. The van der Waals surface area contributed by atoms with Crippen LogP contribution in [0.15, 0.2) is 24.3 Å². The third kappa shape index (κ3) is 2.77. The Morgan fingerprint density at radius 2 is 2.00 bits per heavy atom. The number of rotatable bonds is 3. The van der Waals surface area contributed by atoms with Crippen LogP contribution in [0.4, 0.5) is 0 Å². The SMILES string of the molecule is CC1CCN(C(=O)c2ccc(C(N)=S)cc2)C1CO. The molecular weight excluding hydrogens is 260 g/mol. The molecule has 2 unspecified atom stereocenters. The van der Waals surface area contributed by atoms with Crippen molar-refractivity contribution < 1.29 is 9.90 Å². The van der Waals surface area contributed by atoms with Crippen molar-refractivity contribution in [3.8, 4) is 0 Å². The van der Waals surface area contributed by atoms with Gasteiger partial charge in [0, 0.05) is 17.7 Å². The second kappa shape index (κ2) is 5.67. The molecule has 1 aromatic rings. The van der Waals surface area contributed by atoms with Crippen LogP contribution in [-0.4, -0.2) is 40.1 Å². The monoisotopic (exact) mass is 278 g/mol. The predicted octanol–water partition coefficient (Wildman–Crippen LogP) is 1.16. The summed E-state index contributed by atoms with van der Waals surface area (Å²) in [5.41, 5.74) is 6.88. The molecule has 0 spiro atoms. The number of thiocarbonyl (C=S) groups is 1. The van der Waals surface area contributed by atoms with Gasteiger partial charge in [0.2, 0.25) is 0 Å². The van der Waals surface area contributed by atoms with Crippen molar-refractivity contribution in [1.82, 2.24) is 4.90 Å². The molecular formula is C14H18N2O2S. The average Bonchev–Trinajstić information content (AvgIpc) is 2.79. The largest absolute Gasteiger partial charge is 0.394 e. The number of aliphatic hydroxyl groups excluding tert-OH is 1. The van der Waals surface area contributed by atoms with Gasteiger partial charge in [-0.3, -0.25) is 4.79 Å². The number of carbonyl (C=O) groups excluding carboxylic acids is 1. The number of nitrogens with zero attached hydrogens (tertiary/aromatic N) is 1. The van der Waals surface area contributed by atoms with Gasteiger partial charge in [0.15, 0.2) is 0 Å². The topological polar surface area (TPSA) is 66.6 Å². The summed E-state index contributed by atoms with van der Waals surface area (Å²) >= 11 is 4.88. The summed E-state index contributed by atoms with van der Waals surface area (Å²) in [7, 11) is 0. The number of benzene rings is 1. The lowest BCUT2D eigenvalue weighted by atomic mass is 10.0. The average molecular weight is 278 g/mol. The van der Waals surface area contributed by atoms with Gasteiger partial charge < -0.3 is 15.7 Å². The predicted molar refractivity (Wildman–Crippen MR) is 78.0 cm³/mol. The van der Waals surface area contributed by atoms with Crippen LogP contribution in [-0.2, 0) is 0 Å². The molecule has 0 bridgehead atoms. The number of hydrogen-bond acceptors (Lipinski definition) is 3. The molecule has 0 saturated carbocycles. The molecule has 5 heteroatoms. The van der Waals surface area contributed by atoms with Crippen molar-refractivity contribution in [1.29, 1.82) is 0 Å². The highest BCUT2D eigenvalue weighted by atomic mass is 32.1. The number of amides is 1. The van der Waals surface area contributed by atoms with Crippen molar-refractivity contribution in [2.45, 2.75) is 19.4 Å². The van der Waals surface area contributed by atoms with Crippen LogP contribution in [0, 0.1) is 5.92 Å². The Morgan fingerprint density at radius 1 is 1.42 bits per heavy atom. The minimum atomic E-state index is -0.0808. The standard InChI is InChI=1S/C14H18N2O2S/c1-9-6-7-16(12(9)8-17)14(18)11-4-2-10(3-5-11)13(15)19/h2-5,9,12,17H,6-8H2,1H3,(H2,15,19). The lowest BCUT2D eigenvalue weighted by Gasteiger charge is -2.25. The molecule has 19 heavy (non-hydrogen) atoms. The summed E-state index contributed by atoms with van der Waals surface area (Å²) < 4.78 is 0. The van der Waals surface area contributed by atoms with Gasteiger partial charge in [0.05, 0.1) is 12.6 Å². The third-order valence-electron chi connectivity index (χ3n) is 3.75. The highest BCUT2D eigenvalue weighted by molar-refractivity contribution is 7.80. The van der Waals surface area contributed by atoms with Gasteiger partial charge in [-0.05, 0) is 24.5 Å². The molecule has 1 aliphatic heterocycles. The van der Waals surface area contributed by atoms with Crippen LogP contribution in [0.2, 0.25) is 0 Å². The van der Waals surface area contributed by atoms with Gasteiger partial charge in [0.25, 0.3) is 5.91 Å². The fourth-order valence-corrected chi connectivity index (χ4v) is 2.62. The van der Waals surface area contributed by atoms with E-state index in [9.17, 15) is 9.90 Å². The van der Waals surface area contributed by atoms with Crippen molar-refractivity contribution >= 4 is 23.1 Å². The van der Waals surface area contributed by atoms with Crippen LogP contribution in [0.3, 0.4) is 0 Å². The number of nitrogens with two attached hydrogens (primary N) is 1.